The lowest BCUT2D eigenvalue weighted by molar-refractivity contribution is 0.147. The molecule has 1 aliphatic rings. The fourth-order valence-corrected chi connectivity index (χ4v) is 2.32. The molecule has 1 aliphatic heterocycles. The van der Waals surface area contributed by atoms with Crippen LogP contribution < -0.4 is 0 Å². The van der Waals surface area contributed by atoms with Crippen molar-refractivity contribution in [3.05, 3.63) is 24.5 Å². The van der Waals surface area contributed by atoms with E-state index in [1.165, 1.54) is 25.9 Å². The van der Waals surface area contributed by atoms with E-state index in [0.717, 1.165) is 5.56 Å². The van der Waals surface area contributed by atoms with Crippen LogP contribution >= 0.6 is 0 Å². The van der Waals surface area contributed by atoms with Gasteiger partial charge in [0, 0.05) is 30.9 Å². The Hall–Kier alpha value is -1.09. The SMILES string of the molecule is C=Cc1cnn(C2CCN(C(C)C)CC2)c1. The van der Waals surface area contributed by atoms with Gasteiger partial charge in [0.05, 0.1) is 12.2 Å². The molecule has 0 saturated carbocycles. The smallest absolute Gasteiger partial charge is 0.0562 e. The minimum atomic E-state index is 0.573. The van der Waals surface area contributed by atoms with E-state index >= 15 is 0 Å². The predicted molar refractivity (Wildman–Crippen MR) is 67.3 cm³/mol. The van der Waals surface area contributed by atoms with Crippen LogP contribution in [0.5, 0.6) is 0 Å². The number of hydrogen-bond acceptors (Lipinski definition) is 2. The van der Waals surface area contributed by atoms with Crippen molar-refractivity contribution in [2.45, 2.75) is 38.8 Å². The van der Waals surface area contributed by atoms with Crippen molar-refractivity contribution in [1.82, 2.24) is 14.7 Å². The van der Waals surface area contributed by atoms with Crippen LogP contribution in [0.4, 0.5) is 0 Å². The van der Waals surface area contributed by atoms with Crippen LogP contribution in [0, 0.1) is 0 Å². The van der Waals surface area contributed by atoms with E-state index in [0.29, 0.717) is 12.1 Å². The second kappa shape index (κ2) is 4.83. The average Bonchev–Trinajstić information content (AvgIpc) is 2.77. The summed E-state index contributed by atoms with van der Waals surface area (Å²) >= 11 is 0. The zero-order chi connectivity index (χ0) is 11.5. The van der Waals surface area contributed by atoms with Crippen LogP contribution in [0.1, 0.15) is 38.3 Å². The fraction of sp³-hybridized carbons (Fsp3) is 0.615. The van der Waals surface area contributed by atoms with E-state index < -0.39 is 0 Å². The topological polar surface area (TPSA) is 21.1 Å². The molecule has 0 aromatic carbocycles. The van der Waals surface area contributed by atoms with Crippen molar-refractivity contribution in [2.24, 2.45) is 0 Å². The summed E-state index contributed by atoms with van der Waals surface area (Å²) in [6.45, 7) is 10.7. The summed E-state index contributed by atoms with van der Waals surface area (Å²) in [4.78, 5) is 2.54. The Labute approximate surface area is 97.8 Å². The molecule has 0 amide bonds. The van der Waals surface area contributed by atoms with E-state index in [9.17, 15) is 0 Å². The lowest BCUT2D eigenvalue weighted by atomic mass is 10.0. The summed E-state index contributed by atoms with van der Waals surface area (Å²) < 4.78 is 2.11. The molecule has 1 aromatic rings. The highest BCUT2D eigenvalue weighted by Crippen LogP contribution is 2.23. The standard InChI is InChI=1S/C13H21N3/c1-4-12-9-14-16(10-12)13-5-7-15(8-6-13)11(2)3/h4,9-11,13H,1,5-8H2,2-3H3. The lowest BCUT2D eigenvalue weighted by Gasteiger charge is -2.34. The van der Waals surface area contributed by atoms with Crippen LogP contribution in [0.25, 0.3) is 6.08 Å². The first-order valence-electron chi connectivity index (χ1n) is 6.11. The molecule has 3 heteroatoms. The summed E-state index contributed by atoms with van der Waals surface area (Å²) in [6.07, 6.45) is 8.25. The molecule has 0 unspecified atom stereocenters. The van der Waals surface area contributed by atoms with Gasteiger partial charge in [-0.15, -0.1) is 0 Å². The minimum absolute atomic E-state index is 0.573. The molecule has 0 spiro atoms. The zero-order valence-corrected chi connectivity index (χ0v) is 10.3. The number of nitrogens with zero attached hydrogens (tertiary/aromatic N) is 3. The number of aromatic nitrogens is 2. The van der Waals surface area contributed by atoms with Gasteiger partial charge >= 0.3 is 0 Å². The summed E-state index contributed by atoms with van der Waals surface area (Å²) in [7, 11) is 0. The normalized spacial score (nSPS) is 19.2. The van der Waals surface area contributed by atoms with Crippen LogP contribution in [-0.2, 0) is 0 Å². The number of hydrogen-bond donors (Lipinski definition) is 0. The maximum absolute atomic E-state index is 4.41. The van der Waals surface area contributed by atoms with Gasteiger partial charge in [-0.25, -0.2) is 0 Å². The molecule has 1 fully saturated rings. The third-order valence-corrected chi connectivity index (χ3v) is 3.46. The van der Waals surface area contributed by atoms with Crippen molar-refractivity contribution in [3.8, 4) is 0 Å². The molecule has 2 heterocycles. The van der Waals surface area contributed by atoms with Crippen LogP contribution in [-0.4, -0.2) is 33.8 Å². The van der Waals surface area contributed by atoms with Gasteiger partial charge in [0.1, 0.15) is 0 Å². The second-order valence-corrected chi connectivity index (χ2v) is 4.82. The van der Waals surface area contributed by atoms with Crippen LogP contribution in [0.2, 0.25) is 0 Å². The third kappa shape index (κ3) is 2.35. The zero-order valence-electron chi connectivity index (χ0n) is 10.3. The van der Waals surface area contributed by atoms with Crippen LogP contribution in [0.3, 0.4) is 0 Å². The molecule has 88 valence electrons. The molecule has 0 radical (unpaired) electrons. The molecule has 3 nitrogen and oxygen atoms in total. The van der Waals surface area contributed by atoms with Gasteiger partial charge in [0.2, 0.25) is 0 Å². The summed E-state index contributed by atoms with van der Waals surface area (Å²) in [6, 6.07) is 1.24. The largest absolute Gasteiger partial charge is 0.301 e. The van der Waals surface area contributed by atoms with Gasteiger partial charge in [0.15, 0.2) is 0 Å². The van der Waals surface area contributed by atoms with Crippen molar-refractivity contribution in [2.75, 3.05) is 13.1 Å². The quantitative estimate of drug-likeness (QED) is 0.779. The highest BCUT2D eigenvalue weighted by Gasteiger charge is 2.22. The first kappa shape index (κ1) is 11.4. The molecule has 0 atom stereocenters. The summed E-state index contributed by atoms with van der Waals surface area (Å²) in [5.41, 5.74) is 1.12. The van der Waals surface area contributed by atoms with Crippen molar-refractivity contribution in [3.63, 3.8) is 0 Å². The van der Waals surface area contributed by atoms with E-state index in [1.54, 1.807) is 0 Å². The molecule has 16 heavy (non-hydrogen) atoms. The average molecular weight is 219 g/mol. The van der Waals surface area contributed by atoms with Gasteiger partial charge in [-0.3, -0.25) is 4.68 Å². The summed E-state index contributed by atoms with van der Waals surface area (Å²) in [5, 5.41) is 4.41. The monoisotopic (exact) mass is 219 g/mol. The van der Waals surface area contributed by atoms with E-state index in [4.69, 9.17) is 0 Å². The molecule has 0 aliphatic carbocycles. The molecule has 1 saturated heterocycles. The van der Waals surface area contributed by atoms with Gasteiger partial charge in [-0.1, -0.05) is 12.7 Å². The molecular weight excluding hydrogens is 198 g/mol. The lowest BCUT2D eigenvalue weighted by Crippen LogP contribution is -2.39. The Morgan fingerprint density at radius 3 is 2.62 bits per heavy atom. The molecule has 1 aromatic heterocycles. The highest BCUT2D eigenvalue weighted by molar-refractivity contribution is 5.43. The Morgan fingerprint density at radius 2 is 2.12 bits per heavy atom. The number of piperidine rings is 1. The van der Waals surface area contributed by atoms with Gasteiger partial charge < -0.3 is 4.90 Å². The Morgan fingerprint density at radius 1 is 1.44 bits per heavy atom. The van der Waals surface area contributed by atoms with Crippen molar-refractivity contribution in [1.29, 1.82) is 0 Å². The Bertz CT molecular complexity index is 346. The predicted octanol–water partition coefficient (Wildman–Crippen LogP) is 2.57. The molecule has 2 rings (SSSR count). The first-order valence-corrected chi connectivity index (χ1v) is 6.11. The molecule has 0 N–H and O–H groups in total. The number of likely N-dealkylation sites (tertiary alicyclic amines) is 1. The van der Waals surface area contributed by atoms with Crippen LogP contribution in [0.15, 0.2) is 19.0 Å². The maximum Gasteiger partial charge on any atom is 0.0562 e. The van der Waals surface area contributed by atoms with Crippen molar-refractivity contribution >= 4 is 6.08 Å². The van der Waals surface area contributed by atoms with E-state index in [-0.39, 0.29) is 0 Å². The van der Waals surface area contributed by atoms with E-state index in [2.05, 4.69) is 41.3 Å². The van der Waals surface area contributed by atoms with E-state index in [1.807, 2.05) is 12.3 Å². The maximum atomic E-state index is 4.41. The highest BCUT2D eigenvalue weighted by atomic mass is 15.3. The third-order valence-electron chi connectivity index (χ3n) is 3.46. The first-order chi connectivity index (χ1) is 7.70. The minimum Gasteiger partial charge on any atom is -0.301 e. The van der Waals surface area contributed by atoms with Gasteiger partial charge in [0.25, 0.3) is 0 Å². The molecular formula is C13H21N3. The van der Waals surface area contributed by atoms with Gasteiger partial charge in [-0.05, 0) is 26.7 Å². The summed E-state index contributed by atoms with van der Waals surface area (Å²) in [5.74, 6) is 0. The second-order valence-electron chi connectivity index (χ2n) is 4.82. The number of rotatable bonds is 3. The van der Waals surface area contributed by atoms with Crippen molar-refractivity contribution < 1.29 is 0 Å². The Balaban J connectivity index is 1.96. The molecule has 0 bridgehead atoms. The Kier molecular flexibility index (Phi) is 3.44. The van der Waals surface area contributed by atoms with Gasteiger partial charge in [-0.2, -0.15) is 5.10 Å². The fourth-order valence-electron chi connectivity index (χ4n) is 2.32.